The first kappa shape index (κ1) is 16.0. The average molecular weight is 311 g/mol. The Morgan fingerprint density at radius 1 is 1.04 bits per heavy atom. The maximum absolute atomic E-state index is 5.93. The fourth-order valence-electron chi connectivity index (χ4n) is 3.12. The van der Waals surface area contributed by atoms with Crippen LogP contribution in [0.2, 0.25) is 0 Å². The first-order valence-corrected chi connectivity index (χ1v) is 8.14. The molecule has 3 rings (SSSR count). The molecule has 23 heavy (non-hydrogen) atoms. The molecular formula is C20H25NO2. The molecule has 0 aliphatic carbocycles. The van der Waals surface area contributed by atoms with Gasteiger partial charge in [0.2, 0.25) is 0 Å². The van der Waals surface area contributed by atoms with Gasteiger partial charge in [-0.15, -0.1) is 0 Å². The van der Waals surface area contributed by atoms with Gasteiger partial charge in [-0.05, 0) is 42.2 Å². The van der Waals surface area contributed by atoms with Crippen LogP contribution in [0.1, 0.15) is 36.1 Å². The van der Waals surface area contributed by atoms with E-state index >= 15 is 0 Å². The van der Waals surface area contributed by atoms with E-state index in [9.17, 15) is 0 Å². The molecule has 0 saturated heterocycles. The van der Waals surface area contributed by atoms with Crippen LogP contribution < -0.4 is 10.1 Å². The summed E-state index contributed by atoms with van der Waals surface area (Å²) in [6.07, 6.45) is 0.981. The number of hydrogen-bond acceptors (Lipinski definition) is 3. The van der Waals surface area contributed by atoms with Gasteiger partial charge in [-0.1, -0.05) is 36.4 Å². The second kappa shape index (κ2) is 6.73. The smallest absolute Gasteiger partial charge is 0.123 e. The van der Waals surface area contributed by atoms with Crippen LogP contribution in [0.15, 0.2) is 42.5 Å². The summed E-state index contributed by atoms with van der Waals surface area (Å²) in [6.45, 7) is 6.66. The summed E-state index contributed by atoms with van der Waals surface area (Å²) in [4.78, 5) is 0. The van der Waals surface area contributed by atoms with Crippen LogP contribution in [0, 0.1) is 0 Å². The molecule has 1 heterocycles. The molecule has 0 unspecified atom stereocenters. The maximum Gasteiger partial charge on any atom is 0.123 e. The molecule has 3 heteroatoms. The van der Waals surface area contributed by atoms with Crippen molar-refractivity contribution in [2.24, 2.45) is 0 Å². The lowest BCUT2D eigenvalue weighted by molar-refractivity contribution is 0.138. The molecule has 2 aromatic rings. The molecule has 1 aliphatic rings. The zero-order valence-electron chi connectivity index (χ0n) is 14.2. The molecule has 0 saturated carbocycles. The van der Waals surface area contributed by atoms with Crippen LogP contribution in [0.4, 0.5) is 0 Å². The highest BCUT2D eigenvalue weighted by Gasteiger charge is 2.29. The largest absolute Gasteiger partial charge is 0.487 e. The standard InChI is InChI=1S/C20H25NO2/c1-20(2)11-18-10-16(7-8-19(18)23-20)13-21-12-15-5-4-6-17(9-15)14-22-3/h4-10,21H,11-14H2,1-3H3. The summed E-state index contributed by atoms with van der Waals surface area (Å²) in [5, 5.41) is 3.52. The minimum Gasteiger partial charge on any atom is -0.487 e. The van der Waals surface area contributed by atoms with E-state index < -0.39 is 0 Å². The van der Waals surface area contributed by atoms with Gasteiger partial charge in [0.1, 0.15) is 11.4 Å². The second-order valence-corrected chi connectivity index (χ2v) is 6.84. The first-order chi connectivity index (χ1) is 11.1. The van der Waals surface area contributed by atoms with Crippen molar-refractivity contribution in [1.29, 1.82) is 0 Å². The molecule has 0 fully saturated rings. The van der Waals surface area contributed by atoms with Crippen LogP contribution >= 0.6 is 0 Å². The third-order valence-corrected chi connectivity index (χ3v) is 4.09. The lowest BCUT2D eigenvalue weighted by Gasteiger charge is -2.16. The van der Waals surface area contributed by atoms with E-state index in [1.807, 2.05) is 0 Å². The maximum atomic E-state index is 5.93. The minimum absolute atomic E-state index is 0.0732. The van der Waals surface area contributed by atoms with Crippen molar-refractivity contribution >= 4 is 0 Å². The van der Waals surface area contributed by atoms with Crippen molar-refractivity contribution in [3.05, 3.63) is 64.7 Å². The number of hydrogen-bond donors (Lipinski definition) is 1. The molecule has 1 aliphatic heterocycles. The highest BCUT2D eigenvalue weighted by atomic mass is 16.5. The molecule has 0 bridgehead atoms. The van der Waals surface area contributed by atoms with Crippen LogP contribution in [-0.2, 0) is 30.9 Å². The van der Waals surface area contributed by atoms with E-state index in [-0.39, 0.29) is 5.60 Å². The first-order valence-electron chi connectivity index (χ1n) is 8.14. The van der Waals surface area contributed by atoms with Gasteiger partial charge in [0, 0.05) is 26.6 Å². The summed E-state index contributed by atoms with van der Waals surface area (Å²) < 4.78 is 11.1. The van der Waals surface area contributed by atoms with Crippen LogP contribution in [0.5, 0.6) is 5.75 Å². The van der Waals surface area contributed by atoms with Gasteiger partial charge in [-0.25, -0.2) is 0 Å². The molecule has 0 amide bonds. The minimum atomic E-state index is -0.0732. The highest BCUT2D eigenvalue weighted by molar-refractivity contribution is 5.41. The lowest BCUT2D eigenvalue weighted by Crippen LogP contribution is -2.24. The zero-order valence-corrected chi connectivity index (χ0v) is 14.2. The summed E-state index contributed by atoms with van der Waals surface area (Å²) in [5.74, 6) is 1.03. The number of nitrogens with one attached hydrogen (secondary N) is 1. The molecule has 2 aromatic carbocycles. The van der Waals surface area contributed by atoms with Gasteiger partial charge >= 0.3 is 0 Å². The quantitative estimate of drug-likeness (QED) is 0.879. The Kier molecular flexibility index (Phi) is 4.69. The van der Waals surface area contributed by atoms with Crippen molar-refractivity contribution in [3.8, 4) is 5.75 Å². The van der Waals surface area contributed by atoms with Crippen molar-refractivity contribution in [3.63, 3.8) is 0 Å². The van der Waals surface area contributed by atoms with Crippen molar-refractivity contribution in [1.82, 2.24) is 5.32 Å². The fourth-order valence-corrected chi connectivity index (χ4v) is 3.12. The topological polar surface area (TPSA) is 30.5 Å². The Hall–Kier alpha value is -1.84. The average Bonchev–Trinajstić information content (AvgIpc) is 2.81. The summed E-state index contributed by atoms with van der Waals surface area (Å²) >= 11 is 0. The zero-order chi connectivity index (χ0) is 16.3. The highest BCUT2D eigenvalue weighted by Crippen LogP contribution is 2.35. The molecule has 1 N–H and O–H groups in total. The van der Waals surface area contributed by atoms with Crippen molar-refractivity contribution in [2.45, 2.75) is 45.6 Å². The number of rotatable bonds is 6. The molecule has 0 atom stereocenters. The normalized spacial score (nSPS) is 15.3. The van der Waals surface area contributed by atoms with Gasteiger partial charge < -0.3 is 14.8 Å². The SMILES string of the molecule is COCc1cccc(CNCc2ccc3c(c2)CC(C)(C)O3)c1. The number of ether oxygens (including phenoxy) is 2. The van der Waals surface area contributed by atoms with Gasteiger partial charge in [-0.2, -0.15) is 0 Å². The van der Waals surface area contributed by atoms with Crippen molar-refractivity contribution in [2.75, 3.05) is 7.11 Å². The summed E-state index contributed by atoms with van der Waals surface area (Å²) in [5.41, 5.74) is 5.04. The predicted molar refractivity (Wildman–Crippen MR) is 92.6 cm³/mol. The monoisotopic (exact) mass is 311 g/mol. The number of fused-ring (bicyclic) bond motifs is 1. The lowest BCUT2D eigenvalue weighted by atomic mass is 10.0. The molecule has 0 aromatic heterocycles. The Balaban J connectivity index is 1.57. The van der Waals surface area contributed by atoms with E-state index in [1.165, 1.54) is 22.3 Å². The van der Waals surface area contributed by atoms with E-state index in [0.717, 1.165) is 25.3 Å². The fraction of sp³-hybridized carbons (Fsp3) is 0.400. The van der Waals surface area contributed by atoms with Gasteiger partial charge in [-0.3, -0.25) is 0 Å². The van der Waals surface area contributed by atoms with Crippen LogP contribution in [-0.4, -0.2) is 12.7 Å². The van der Waals surface area contributed by atoms with Gasteiger partial charge in [0.05, 0.1) is 6.61 Å². The van der Waals surface area contributed by atoms with E-state index in [1.54, 1.807) is 7.11 Å². The van der Waals surface area contributed by atoms with E-state index in [0.29, 0.717) is 6.61 Å². The van der Waals surface area contributed by atoms with E-state index in [4.69, 9.17) is 9.47 Å². The second-order valence-electron chi connectivity index (χ2n) is 6.84. The van der Waals surface area contributed by atoms with Crippen LogP contribution in [0.3, 0.4) is 0 Å². The van der Waals surface area contributed by atoms with Crippen molar-refractivity contribution < 1.29 is 9.47 Å². The molecule has 122 valence electrons. The van der Waals surface area contributed by atoms with Gasteiger partial charge in [0.25, 0.3) is 0 Å². The third-order valence-electron chi connectivity index (χ3n) is 4.09. The summed E-state index contributed by atoms with van der Waals surface area (Å²) in [6, 6.07) is 15.0. The van der Waals surface area contributed by atoms with Gasteiger partial charge in [0.15, 0.2) is 0 Å². The van der Waals surface area contributed by atoms with E-state index in [2.05, 4.69) is 61.6 Å². The Morgan fingerprint density at radius 2 is 1.78 bits per heavy atom. The van der Waals surface area contributed by atoms with Crippen LogP contribution in [0.25, 0.3) is 0 Å². The third kappa shape index (κ3) is 4.12. The number of benzene rings is 2. The number of methoxy groups -OCH3 is 1. The Morgan fingerprint density at radius 3 is 2.57 bits per heavy atom. The summed E-state index contributed by atoms with van der Waals surface area (Å²) in [7, 11) is 1.73. The molecule has 0 radical (unpaired) electrons. The Bertz CT molecular complexity index is 679. The molecule has 0 spiro atoms. The predicted octanol–water partition coefficient (Wildman–Crippen LogP) is 3.84. The Labute approximate surface area is 138 Å². The molecular weight excluding hydrogens is 286 g/mol. The molecule has 3 nitrogen and oxygen atoms in total.